The summed E-state index contributed by atoms with van der Waals surface area (Å²) in [6.07, 6.45) is 0.215. The van der Waals surface area contributed by atoms with Crippen molar-refractivity contribution in [3.8, 4) is 11.4 Å². The van der Waals surface area contributed by atoms with Gasteiger partial charge in [0.2, 0.25) is 0 Å². The first-order valence-corrected chi connectivity index (χ1v) is 14.1. The Kier molecular flexibility index (Phi) is 9.65. The van der Waals surface area contributed by atoms with Crippen molar-refractivity contribution in [1.82, 2.24) is 19.7 Å². The van der Waals surface area contributed by atoms with Crippen LogP contribution in [0.3, 0.4) is 0 Å². The maximum atomic E-state index is 14.9. The average molecular weight is 629 g/mol. The van der Waals surface area contributed by atoms with E-state index >= 15 is 0 Å². The minimum atomic E-state index is -0.752. The lowest BCUT2D eigenvalue weighted by Gasteiger charge is -2.40. The molecule has 0 radical (unpaired) electrons. The normalized spacial score (nSPS) is 13.2. The fraction of sp³-hybridized carbons (Fsp3) is 0.323. The van der Waals surface area contributed by atoms with E-state index < -0.39 is 35.8 Å². The van der Waals surface area contributed by atoms with Gasteiger partial charge in [0.05, 0.1) is 18.2 Å². The second-order valence-corrected chi connectivity index (χ2v) is 12.0. The van der Waals surface area contributed by atoms with Crippen LogP contribution in [-0.2, 0) is 6.54 Å². The molecule has 0 aliphatic rings. The largest absolute Gasteiger partial charge is 0.328 e. The summed E-state index contributed by atoms with van der Waals surface area (Å²) in [6.45, 7) is 5.54. The Morgan fingerprint density at radius 3 is 2.44 bits per heavy atom. The maximum Gasteiger partial charge on any atom is 0.254 e. The summed E-state index contributed by atoms with van der Waals surface area (Å²) in [7, 11) is 0. The minimum Gasteiger partial charge on any atom is -0.328 e. The summed E-state index contributed by atoms with van der Waals surface area (Å²) in [5.41, 5.74) is 6.57. The highest BCUT2D eigenvalue weighted by atomic mass is 79.9. The van der Waals surface area contributed by atoms with Crippen LogP contribution in [0.4, 0.5) is 13.2 Å². The smallest absolute Gasteiger partial charge is 0.254 e. The summed E-state index contributed by atoms with van der Waals surface area (Å²) in [6, 6.07) is 18.1. The van der Waals surface area contributed by atoms with Crippen LogP contribution >= 0.6 is 15.9 Å². The lowest BCUT2D eigenvalue weighted by atomic mass is 9.84. The molecule has 6 nitrogen and oxygen atoms in total. The molecule has 0 aliphatic heterocycles. The van der Waals surface area contributed by atoms with Gasteiger partial charge < -0.3 is 10.6 Å². The van der Waals surface area contributed by atoms with Crippen LogP contribution in [-0.4, -0.2) is 44.8 Å². The van der Waals surface area contributed by atoms with Gasteiger partial charge in [0.25, 0.3) is 5.91 Å². The molecule has 0 saturated carbocycles. The van der Waals surface area contributed by atoms with Crippen LogP contribution in [0.15, 0.2) is 77.3 Å². The van der Waals surface area contributed by atoms with Gasteiger partial charge in [-0.05, 0) is 59.9 Å². The average Bonchev–Trinajstić information content (AvgIpc) is 3.33. The topological polar surface area (TPSA) is 77.0 Å². The number of aromatic nitrogens is 3. The van der Waals surface area contributed by atoms with E-state index in [9.17, 15) is 18.0 Å². The molecule has 4 aromatic rings. The molecule has 0 saturated heterocycles. The molecule has 1 amide bonds. The quantitative estimate of drug-likeness (QED) is 0.206. The van der Waals surface area contributed by atoms with Gasteiger partial charge in [-0.2, -0.15) is 5.10 Å². The highest BCUT2D eigenvalue weighted by molar-refractivity contribution is 9.10. The maximum absolute atomic E-state index is 14.9. The van der Waals surface area contributed by atoms with Crippen molar-refractivity contribution >= 4 is 21.8 Å². The highest BCUT2D eigenvalue weighted by Crippen LogP contribution is 2.39. The monoisotopic (exact) mass is 627 g/mol. The number of nitrogens with two attached hydrogens (primary N) is 1. The van der Waals surface area contributed by atoms with Crippen LogP contribution in [0.25, 0.3) is 11.4 Å². The van der Waals surface area contributed by atoms with Crippen molar-refractivity contribution in [1.29, 1.82) is 0 Å². The molecular formula is C31H33BrF3N5O. The number of hydrogen-bond acceptors (Lipinski definition) is 4. The molecule has 1 aromatic heterocycles. The van der Waals surface area contributed by atoms with Crippen LogP contribution in [0.2, 0.25) is 0 Å². The third kappa shape index (κ3) is 7.42. The third-order valence-electron chi connectivity index (χ3n) is 6.69. The van der Waals surface area contributed by atoms with Gasteiger partial charge in [-0.15, -0.1) is 0 Å². The van der Waals surface area contributed by atoms with Gasteiger partial charge in [0.1, 0.15) is 18.3 Å². The van der Waals surface area contributed by atoms with Crippen LogP contribution in [0.5, 0.6) is 0 Å². The first-order valence-electron chi connectivity index (χ1n) is 13.3. The van der Waals surface area contributed by atoms with E-state index in [1.54, 1.807) is 33.8 Å². The molecule has 216 valence electrons. The number of carbonyl (C=O) groups is 1. The van der Waals surface area contributed by atoms with Gasteiger partial charge in [0, 0.05) is 22.6 Å². The van der Waals surface area contributed by atoms with E-state index in [1.165, 1.54) is 0 Å². The third-order valence-corrected chi connectivity index (χ3v) is 7.18. The molecule has 0 aliphatic carbocycles. The summed E-state index contributed by atoms with van der Waals surface area (Å²) in [5.74, 6) is -1.20. The summed E-state index contributed by atoms with van der Waals surface area (Å²) in [4.78, 5) is 20.4. The molecule has 0 spiro atoms. The van der Waals surface area contributed by atoms with Gasteiger partial charge in [0.15, 0.2) is 11.6 Å². The molecule has 3 aromatic carbocycles. The van der Waals surface area contributed by atoms with Crippen LogP contribution in [0, 0.1) is 17.0 Å². The second kappa shape index (κ2) is 13.0. The van der Waals surface area contributed by atoms with Crippen molar-refractivity contribution in [2.24, 2.45) is 11.1 Å². The molecule has 4 rings (SSSR count). The van der Waals surface area contributed by atoms with Crippen molar-refractivity contribution in [3.63, 3.8) is 0 Å². The number of benzene rings is 3. The molecule has 0 fully saturated rings. The van der Waals surface area contributed by atoms with Gasteiger partial charge >= 0.3 is 0 Å². The van der Waals surface area contributed by atoms with E-state index in [2.05, 4.69) is 21.0 Å². The lowest BCUT2D eigenvalue weighted by molar-refractivity contribution is 0.0469. The first-order chi connectivity index (χ1) is 19.5. The molecule has 1 unspecified atom stereocenters. The number of alkyl halides is 1. The number of nitrogens with zero attached hydrogens (tertiary/aromatic N) is 4. The fourth-order valence-electron chi connectivity index (χ4n) is 4.73. The van der Waals surface area contributed by atoms with Crippen molar-refractivity contribution in [2.45, 2.75) is 45.8 Å². The summed E-state index contributed by atoms with van der Waals surface area (Å²) in [5, 5.41) is 4.63. The SMILES string of the molecule is CC(C)(C)[C@H](c1nc(-c2cc(F)ccc2F)nn1Cc1cccc(Br)c1)N(CCC(N)CF)C(=O)c1ccccc1. The minimum absolute atomic E-state index is 0.00573. The Morgan fingerprint density at radius 1 is 1.05 bits per heavy atom. The van der Waals surface area contributed by atoms with E-state index in [-0.39, 0.29) is 36.8 Å². The molecule has 10 heteroatoms. The van der Waals surface area contributed by atoms with E-state index in [1.807, 2.05) is 51.1 Å². The Balaban J connectivity index is 1.91. The fourth-order valence-corrected chi connectivity index (χ4v) is 5.18. The standard InChI is InChI=1S/C31H33BrF3N5O/c1-31(2,3)27(39(15-14-24(36)18-33)30(41)21-9-5-4-6-10-21)29-37-28(25-17-23(34)12-13-26(25)35)38-40(29)19-20-8-7-11-22(32)16-20/h4-13,16-17,24,27H,14-15,18-19,36H2,1-3H3/t24?,27-/m0/s1. The van der Waals surface area contributed by atoms with E-state index in [0.29, 0.717) is 11.4 Å². The molecule has 2 N–H and O–H groups in total. The predicted octanol–water partition coefficient (Wildman–Crippen LogP) is 6.95. The number of halogens is 4. The second-order valence-electron chi connectivity index (χ2n) is 11.0. The Morgan fingerprint density at radius 2 is 1.78 bits per heavy atom. The summed E-state index contributed by atoms with van der Waals surface area (Å²) < 4.78 is 45.0. The first kappa shape index (κ1) is 30.5. The Labute approximate surface area is 246 Å². The molecule has 41 heavy (non-hydrogen) atoms. The zero-order valence-electron chi connectivity index (χ0n) is 23.2. The van der Waals surface area contributed by atoms with E-state index in [4.69, 9.17) is 10.7 Å². The Hall–Kier alpha value is -3.50. The van der Waals surface area contributed by atoms with Gasteiger partial charge in [-0.1, -0.05) is 67.0 Å². The zero-order valence-corrected chi connectivity index (χ0v) is 24.8. The number of carbonyl (C=O) groups excluding carboxylic acids is 1. The molecule has 1 heterocycles. The zero-order chi connectivity index (χ0) is 29.7. The van der Waals surface area contributed by atoms with Gasteiger partial charge in [-0.3, -0.25) is 4.79 Å². The molecule has 2 atom stereocenters. The highest BCUT2D eigenvalue weighted by Gasteiger charge is 2.39. The summed E-state index contributed by atoms with van der Waals surface area (Å²) >= 11 is 3.49. The van der Waals surface area contributed by atoms with Gasteiger partial charge in [-0.25, -0.2) is 22.8 Å². The molecule has 0 bridgehead atoms. The van der Waals surface area contributed by atoms with Crippen molar-refractivity contribution < 1.29 is 18.0 Å². The van der Waals surface area contributed by atoms with Crippen LogP contribution in [0.1, 0.15) is 55.0 Å². The number of amides is 1. The van der Waals surface area contributed by atoms with Crippen molar-refractivity contribution in [3.05, 3.63) is 106 Å². The van der Waals surface area contributed by atoms with Crippen molar-refractivity contribution in [2.75, 3.05) is 13.2 Å². The van der Waals surface area contributed by atoms with Crippen LogP contribution < -0.4 is 5.73 Å². The predicted molar refractivity (Wildman–Crippen MR) is 157 cm³/mol. The van der Waals surface area contributed by atoms with E-state index in [0.717, 1.165) is 28.2 Å². The number of hydrogen-bond donors (Lipinski definition) is 1. The molecular weight excluding hydrogens is 595 g/mol. The number of rotatable bonds is 10. The Bertz CT molecular complexity index is 1490. The lowest BCUT2D eigenvalue weighted by Crippen LogP contribution is -2.44.